The molecule has 120 valence electrons. The molecule has 1 aromatic carbocycles. The second kappa shape index (κ2) is 7.03. The number of hydrazone groups is 1. The Labute approximate surface area is 132 Å². The largest absolute Gasteiger partial charge is 0.273 e. The van der Waals surface area contributed by atoms with Crippen molar-refractivity contribution in [3.8, 4) is 0 Å². The summed E-state index contributed by atoms with van der Waals surface area (Å²) in [5.41, 5.74) is 4.83. The zero-order chi connectivity index (χ0) is 16.2. The van der Waals surface area contributed by atoms with E-state index < -0.39 is 0 Å². The molecular formula is C18H25FN2O. The number of rotatable bonds is 3. The summed E-state index contributed by atoms with van der Waals surface area (Å²) in [6.07, 6.45) is 4.41. The monoisotopic (exact) mass is 304 g/mol. The van der Waals surface area contributed by atoms with Crippen molar-refractivity contribution in [3.05, 3.63) is 35.6 Å². The molecule has 0 bridgehead atoms. The second-order valence-electron chi connectivity index (χ2n) is 7.16. The highest BCUT2D eigenvalue weighted by molar-refractivity contribution is 5.87. The third-order valence-electron chi connectivity index (χ3n) is 4.40. The molecule has 0 atom stereocenters. The van der Waals surface area contributed by atoms with E-state index in [1.165, 1.54) is 12.1 Å². The molecule has 0 heterocycles. The van der Waals surface area contributed by atoms with Crippen LogP contribution >= 0.6 is 0 Å². The first-order chi connectivity index (χ1) is 10.3. The van der Waals surface area contributed by atoms with E-state index in [1.807, 2.05) is 0 Å². The summed E-state index contributed by atoms with van der Waals surface area (Å²) in [5, 5.41) is 4.26. The zero-order valence-corrected chi connectivity index (χ0v) is 13.7. The number of nitrogens with one attached hydrogen (secondary N) is 1. The third-order valence-corrected chi connectivity index (χ3v) is 4.40. The first-order valence-corrected chi connectivity index (χ1v) is 7.93. The number of hydrogen-bond acceptors (Lipinski definition) is 2. The van der Waals surface area contributed by atoms with Crippen LogP contribution in [-0.4, -0.2) is 11.6 Å². The first kappa shape index (κ1) is 16.7. The minimum Gasteiger partial charge on any atom is -0.273 e. The van der Waals surface area contributed by atoms with Gasteiger partial charge in [0.05, 0.1) is 6.42 Å². The summed E-state index contributed by atoms with van der Waals surface area (Å²) >= 11 is 0. The number of carbonyl (C=O) groups excluding carboxylic acids is 1. The normalized spacial score (nSPS) is 18.9. The van der Waals surface area contributed by atoms with Gasteiger partial charge in [-0.05, 0) is 54.7 Å². The molecule has 4 heteroatoms. The number of nitrogens with zero attached hydrogens (tertiary/aromatic N) is 1. The minimum atomic E-state index is -0.292. The molecule has 1 fully saturated rings. The van der Waals surface area contributed by atoms with E-state index in [2.05, 4.69) is 31.3 Å². The lowest BCUT2D eigenvalue weighted by Gasteiger charge is -2.34. The quantitative estimate of drug-likeness (QED) is 0.840. The summed E-state index contributed by atoms with van der Waals surface area (Å²) in [6, 6.07) is 5.97. The van der Waals surface area contributed by atoms with Crippen LogP contribution in [0.3, 0.4) is 0 Å². The number of carbonyl (C=O) groups is 1. The van der Waals surface area contributed by atoms with E-state index in [1.54, 1.807) is 12.1 Å². The van der Waals surface area contributed by atoms with E-state index in [-0.39, 0.29) is 18.1 Å². The van der Waals surface area contributed by atoms with Crippen molar-refractivity contribution in [2.75, 3.05) is 0 Å². The lowest BCUT2D eigenvalue weighted by atomic mass is 9.72. The van der Waals surface area contributed by atoms with Gasteiger partial charge >= 0.3 is 0 Å². The summed E-state index contributed by atoms with van der Waals surface area (Å²) in [5.74, 6) is 0.276. The van der Waals surface area contributed by atoms with Gasteiger partial charge in [-0.15, -0.1) is 0 Å². The van der Waals surface area contributed by atoms with Gasteiger partial charge < -0.3 is 0 Å². The maximum Gasteiger partial charge on any atom is 0.244 e. The maximum atomic E-state index is 12.8. The number of halogens is 1. The average Bonchev–Trinajstić information content (AvgIpc) is 2.47. The molecule has 0 saturated heterocycles. The van der Waals surface area contributed by atoms with Crippen LogP contribution in [0.2, 0.25) is 0 Å². The van der Waals surface area contributed by atoms with E-state index in [4.69, 9.17) is 0 Å². The summed E-state index contributed by atoms with van der Waals surface area (Å²) in [7, 11) is 0. The second-order valence-corrected chi connectivity index (χ2v) is 7.16. The van der Waals surface area contributed by atoms with Crippen LogP contribution in [0, 0.1) is 17.2 Å². The number of benzene rings is 1. The van der Waals surface area contributed by atoms with Crippen molar-refractivity contribution in [1.82, 2.24) is 5.43 Å². The molecule has 1 aliphatic carbocycles. The molecule has 2 rings (SSSR count). The average molecular weight is 304 g/mol. The Hall–Kier alpha value is -1.71. The van der Waals surface area contributed by atoms with E-state index >= 15 is 0 Å². The van der Waals surface area contributed by atoms with Gasteiger partial charge in [0, 0.05) is 5.71 Å². The highest BCUT2D eigenvalue weighted by Gasteiger charge is 2.28. The first-order valence-electron chi connectivity index (χ1n) is 7.93. The van der Waals surface area contributed by atoms with Gasteiger partial charge in [-0.1, -0.05) is 32.9 Å². The molecular weight excluding hydrogens is 279 g/mol. The van der Waals surface area contributed by atoms with Crippen LogP contribution in [0.5, 0.6) is 0 Å². The van der Waals surface area contributed by atoms with Gasteiger partial charge in [-0.2, -0.15) is 5.10 Å². The third kappa shape index (κ3) is 4.93. The fourth-order valence-electron chi connectivity index (χ4n) is 2.90. The van der Waals surface area contributed by atoms with E-state index in [0.29, 0.717) is 5.41 Å². The Bertz CT molecular complexity index is 533. The van der Waals surface area contributed by atoms with Crippen LogP contribution in [0.1, 0.15) is 52.0 Å². The fraction of sp³-hybridized carbons (Fsp3) is 0.556. The van der Waals surface area contributed by atoms with Crippen molar-refractivity contribution in [2.24, 2.45) is 16.4 Å². The van der Waals surface area contributed by atoms with Crippen LogP contribution in [0.25, 0.3) is 0 Å². The maximum absolute atomic E-state index is 12.8. The Kier molecular flexibility index (Phi) is 5.33. The predicted octanol–water partition coefficient (Wildman–Crippen LogP) is 4.08. The molecule has 0 radical (unpaired) electrons. The molecule has 1 saturated carbocycles. The molecule has 1 N–H and O–H groups in total. The molecule has 3 nitrogen and oxygen atoms in total. The Morgan fingerprint density at radius 1 is 1.23 bits per heavy atom. The Morgan fingerprint density at radius 3 is 2.36 bits per heavy atom. The van der Waals surface area contributed by atoms with Crippen molar-refractivity contribution >= 4 is 11.6 Å². The van der Waals surface area contributed by atoms with Crippen LogP contribution in [0.15, 0.2) is 29.4 Å². The Balaban J connectivity index is 1.80. The lowest BCUT2D eigenvalue weighted by molar-refractivity contribution is -0.120. The smallest absolute Gasteiger partial charge is 0.244 e. The lowest BCUT2D eigenvalue weighted by Crippen LogP contribution is -2.28. The number of hydrogen-bond donors (Lipinski definition) is 1. The number of amides is 1. The molecule has 1 amide bonds. The highest BCUT2D eigenvalue weighted by atomic mass is 19.1. The summed E-state index contributed by atoms with van der Waals surface area (Å²) in [4.78, 5) is 11.9. The van der Waals surface area contributed by atoms with E-state index in [0.717, 1.165) is 42.9 Å². The SMILES string of the molecule is CC(C)(C)C1CCC(=NNC(=O)Cc2ccc(F)cc2)CC1. The van der Waals surface area contributed by atoms with Gasteiger partial charge in [-0.25, -0.2) is 9.82 Å². The van der Waals surface area contributed by atoms with Crippen molar-refractivity contribution in [1.29, 1.82) is 0 Å². The predicted molar refractivity (Wildman–Crippen MR) is 87.1 cm³/mol. The van der Waals surface area contributed by atoms with Gasteiger partial charge in [0.1, 0.15) is 5.82 Å². The van der Waals surface area contributed by atoms with Crippen LogP contribution in [-0.2, 0) is 11.2 Å². The zero-order valence-electron chi connectivity index (χ0n) is 13.7. The Morgan fingerprint density at radius 2 is 1.82 bits per heavy atom. The summed E-state index contributed by atoms with van der Waals surface area (Å²) in [6.45, 7) is 6.85. The van der Waals surface area contributed by atoms with Gasteiger partial charge in [0.15, 0.2) is 0 Å². The van der Waals surface area contributed by atoms with Crippen LogP contribution < -0.4 is 5.43 Å². The van der Waals surface area contributed by atoms with Gasteiger partial charge in [0.25, 0.3) is 0 Å². The highest BCUT2D eigenvalue weighted by Crippen LogP contribution is 2.36. The van der Waals surface area contributed by atoms with Gasteiger partial charge in [0.2, 0.25) is 5.91 Å². The van der Waals surface area contributed by atoms with Crippen LogP contribution in [0.4, 0.5) is 4.39 Å². The van der Waals surface area contributed by atoms with Gasteiger partial charge in [-0.3, -0.25) is 4.79 Å². The fourth-order valence-corrected chi connectivity index (χ4v) is 2.90. The molecule has 1 aliphatic rings. The molecule has 22 heavy (non-hydrogen) atoms. The molecule has 1 aromatic rings. The topological polar surface area (TPSA) is 41.5 Å². The van der Waals surface area contributed by atoms with Crippen molar-refractivity contribution in [3.63, 3.8) is 0 Å². The molecule has 0 aromatic heterocycles. The summed E-state index contributed by atoms with van der Waals surface area (Å²) < 4.78 is 12.8. The molecule has 0 unspecified atom stereocenters. The molecule has 0 aliphatic heterocycles. The van der Waals surface area contributed by atoms with E-state index in [9.17, 15) is 9.18 Å². The standard InChI is InChI=1S/C18H25FN2O/c1-18(2,3)14-6-10-16(11-7-14)20-21-17(22)12-13-4-8-15(19)9-5-13/h4-5,8-9,14H,6-7,10-12H2,1-3H3,(H,21,22). The minimum absolute atomic E-state index is 0.156. The molecule has 0 spiro atoms. The van der Waals surface area contributed by atoms with Crippen molar-refractivity contribution in [2.45, 2.75) is 52.9 Å². The van der Waals surface area contributed by atoms with Crippen molar-refractivity contribution < 1.29 is 9.18 Å².